The average molecular weight is 349 g/mol. The minimum atomic E-state index is -0.128. The van der Waals surface area contributed by atoms with Gasteiger partial charge in [-0.15, -0.1) is 11.8 Å². The number of hydrogen-bond acceptors (Lipinski definition) is 4. The smallest absolute Gasteiger partial charge is 0.233 e. The molecular weight excluding hydrogens is 322 g/mol. The number of hydrogen-bond donors (Lipinski definition) is 1. The van der Waals surface area contributed by atoms with E-state index in [9.17, 15) is 4.79 Å². The number of benzene rings is 1. The predicted octanol–water partition coefficient (Wildman–Crippen LogP) is 3.88. The summed E-state index contributed by atoms with van der Waals surface area (Å²) in [5.41, 5.74) is 0. The molecule has 132 valence electrons. The maximum Gasteiger partial charge on any atom is 0.233 e. The molecule has 1 aromatic carbocycles. The standard InChI is InChI=1S/C19H27NO3S/c1-12-5-4-6-16(13(12)2)20-19(21)14(3)24-15-7-8-17-18(11-15)23-10-9-22-17/h7-8,11-14,16H,4-6,9-10H2,1-3H3,(H,20,21)/t12-,13-,14-,16-/m1/s1. The van der Waals surface area contributed by atoms with Crippen molar-refractivity contribution in [1.82, 2.24) is 5.32 Å². The summed E-state index contributed by atoms with van der Waals surface area (Å²) in [6, 6.07) is 6.19. The molecule has 1 aliphatic heterocycles. The molecule has 1 saturated carbocycles. The van der Waals surface area contributed by atoms with Gasteiger partial charge in [-0.3, -0.25) is 4.79 Å². The van der Waals surface area contributed by atoms with Gasteiger partial charge in [0.1, 0.15) is 13.2 Å². The maximum absolute atomic E-state index is 12.6. The zero-order valence-electron chi connectivity index (χ0n) is 14.7. The SMILES string of the molecule is C[C@@H]1[C@H](C)CCC[C@H]1NC(=O)[C@@H](C)Sc1ccc2c(c1)OCCO2. The lowest BCUT2D eigenvalue weighted by Gasteiger charge is -2.35. The van der Waals surface area contributed by atoms with Gasteiger partial charge in [0.2, 0.25) is 5.91 Å². The minimum Gasteiger partial charge on any atom is -0.486 e. The lowest BCUT2D eigenvalue weighted by atomic mass is 9.78. The van der Waals surface area contributed by atoms with Gasteiger partial charge in [0.15, 0.2) is 11.5 Å². The van der Waals surface area contributed by atoms with Crippen LogP contribution in [0.2, 0.25) is 0 Å². The highest BCUT2D eigenvalue weighted by Gasteiger charge is 2.29. The molecule has 0 unspecified atom stereocenters. The monoisotopic (exact) mass is 349 g/mol. The van der Waals surface area contributed by atoms with Crippen molar-refractivity contribution in [3.63, 3.8) is 0 Å². The fourth-order valence-corrected chi connectivity index (χ4v) is 4.35. The van der Waals surface area contributed by atoms with Crippen molar-refractivity contribution < 1.29 is 14.3 Å². The van der Waals surface area contributed by atoms with Crippen LogP contribution >= 0.6 is 11.8 Å². The van der Waals surface area contributed by atoms with E-state index >= 15 is 0 Å². The van der Waals surface area contributed by atoms with Gasteiger partial charge in [-0.05, 0) is 43.4 Å². The van der Waals surface area contributed by atoms with E-state index in [1.54, 1.807) is 11.8 Å². The van der Waals surface area contributed by atoms with Gasteiger partial charge in [0, 0.05) is 10.9 Å². The highest BCUT2D eigenvalue weighted by atomic mass is 32.2. The van der Waals surface area contributed by atoms with Crippen molar-refractivity contribution in [2.45, 2.75) is 56.2 Å². The molecule has 0 aromatic heterocycles. The van der Waals surface area contributed by atoms with E-state index in [1.807, 2.05) is 25.1 Å². The van der Waals surface area contributed by atoms with E-state index in [4.69, 9.17) is 9.47 Å². The van der Waals surface area contributed by atoms with Crippen molar-refractivity contribution in [1.29, 1.82) is 0 Å². The summed E-state index contributed by atoms with van der Waals surface area (Å²) < 4.78 is 11.2. The van der Waals surface area contributed by atoms with Gasteiger partial charge < -0.3 is 14.8 Å². The molecule has 0 radical (unpaired) electrons. The molecule has 1 aliphatic carbocycles. The first-order valence-electron chi connectivity index (χ1n) is 8.91. The Kier molecular flexibility index (Phi) is 5.59. The zero-order chi connectivity index (χ0) is 17.1. The van der Waals surface area contributed by atoms with Crippen molar-refractivity contribution in [3.05, 3.63) is 18.2 Å². The van der Waals surface area contributed by atoms with E-state index in [2.05, 4.69) is 19.2 Å². The van der Waals surface area contributed by atoms with Crippen LogP contribution in [-0.4, -0.2) is 30.4 Å². The first-order valence-corrected chi connectivity index (χ1v) is 9.79. The van der Waals surface area contributed by atoms with Crippen LogP contribution in [0.4, 0.5) is 0 Å². The fraction of sp³-hybridized carbons (Fsp3) is 0.632. The number of amides is 1. The Balaban J connectivity index is 1.58. The Hall–Kier alpha value is -1.36. The number of fused-ring (bicyclic) bond motifs is 1. The van der Waals surface area contributed by atoms with Crippen molar-refractivity contribution >= 4 is 17.7 Å². The number of carbonyl (C=O) groups excluding carboxylic acids is 1. The van der Waals surface area contributed by atoms with E-state index < -0.39 is 0 Å². The molecule has 24 heavy (non-hydrogen) atoms. The first-order chi connectivity index (χ1) is 11.5. The molecule has 1 fully saturated rings. The highest BCUT2D eigenvalue weighted by Crippen LogP contribution is 2.36. The first kappa shape index (κ1) is 17.5. The third-order valence-corrected chi connectivity index (χ3v) is 6.32. The summed E-state index contributed by atoms with van der Waals surface area (Å²) >= 11 is 1.57. The van der Waals surface area contributed by atoms with Gasteiger partial charge in [0.05, 0.1) is 5.25 Å². The van der Waals surface area contributed by atoms with Crippen molar-refractivity contribution in [3.8, 4) is 11.5 Å². The summed E-state index contributed by atoms with van der Waals surface area (Å²) in [7, 11) is 0. The zero-order valence-corrected chi connectivity index (χ0v) is 15.5. The van der Waals surface area contributed by atoms with E-state index in [-0.39, 0.29) is 11.2 Å². The molecule has 1 aromatic rings. The number of thioether (sulfide) groups is 1. The van der Waals surface area contributed by atoms with Crippen LogP contribution < -0.4 is 14.8 Å². The summed E-state index contributed by atoms with van der Waals surface area (Å²) in [5, 5.41) is 3.14. The molecular formula is C19H27NO3S. The Labute approximate surface area is 148 Å². The van der Waals surface area contributed by atoms with Crippen LogP contribution in [-0.2, 0) is 4.79 Å². The molecule has 3 rings (SSSR count). The number of rotatable bonds is 4. The van der Waals surface area contributed by atoms with Crippen LogP contribution in [0.15, 0.2) is 23.1 Å². The third-order valence-electron chi connectivity index (χ3n) is 5.23. The minimum absolute atomic E-state index is 0.126. The second-order valence-corrected chi connectivity index (χ2v) is 8.36. The molecule has 0 saturated heterocycles. The Morgan fingerprint density at radius 3 is 2.75 bits per heavy atom. The van der Waals surface area contributed by atoms with Crippen LogP contribution in [0.25, 0.3) is 0 Å². The van der Waals surface area contributed by atoms with Gasteiger partial charge >= 0.3 is 0 Å². The van der Waals surface area contributed by atoms with Gasteiger partial charge in [-0.2, -0.15) is 0 Å². The molecule has 2 aliphatic rings. The predicted molar refractivity (Wildman–Crippen MR) is 96.9 cm³/mol. The van der Waals surface area contributed by atoms with Crippen LogP contribution in [0.5, 0.6) is 11.5 Å². The number of ether oxygens (including phenoxy) is 2. The molecule has 4 nitrogen and oxygen atoms in total. The van der Waals surface area contributed by atoms with E-state index in [0.29, 0.717) is 31.1 Å². The third kappa shape index (κ3) is 4.00. The molecule has 1 heterocycles. The molecule has 4 atom stereocenters. The Bertz CT molecular complexity index is 592. The maximum atomic E-state index is 12.6. The van der Waals surface area contributed by atoms with Gasteiger partial charge in [-0.1, -0.05) is 26.7 Å². The highest BCUT2D eigenvalue weighted by molar-refractivity contribution is 8.00. The fourth-order valence-electron chi connectivity index (χ4n) is 3.44. The van der Waals surface area contributed by atoms with Crippen molar-refractivity contribution in [2.75, 3.05) is 13.2 Å². The summed E-state index contributed by atoms with van der Waals surface area (Å²) in [5.74, 6) is 2.92. The van der Waals surface area contributed by atoms with E-state index in [1.165, 1.54) is 12.8 Å². The largest absolute Gasteiger partial charge is 0.486 e. The van der Waals surface area contributed by atoms with E-state index in [0.717, 1.165) is 22.8 Å². The quantitative estimate of drug-likeness (QED) is 0.838. The summed E-state index contributed by atoms with van der Waals surface area (Å²) in [6.45, 7) is 7.68. The average Bonchev–Trinajstić information content (AvgIpc) is 2.58. The molecule has 0 bridgehead atoms. The Morgan fingerprint density at radius 2 is 1.96 bits per heavy atom. The van der Waals surface area contributed by atoms with Crippen LogP contribution in [0.1, 0.15) is 40.0 Å². The van der Waals surface area contributed by atoms with Crippen LogP contribution in [0.3, 0.4) is 0 Å². The topological polar surface area (TPSA) is 47.6 Å². The summed E-state index contributed by atoms with van der Waals surface area (Å²) in [6.07, 6.45) is 3.58. The molecule has 1 N–H and O–H groups in total. The van der Waals surface area contributed by atoms with Gasteiger partial charge in [-0.25, -0.2) is 0 Å². The number of nitrogens with one attached hydrogen (secondary N) is 1. The Morgan fingerprint density at radius 1 is 1.21 bits per heavy atom. The van der Waals surface area contributed by atoms with Gasteiger partial charge in [0.25, 0.3) is 0 Å². The molecule has 0 spiro atoms. The second kappa shape index (κ2) is 7.68. The van der Waals surface area contributed by atoms with Crippen molar-refractivity contribution in [2.24, 2.45) is 11.8 Å². The molecule has 5 heteroatoms. The number of carbonyl (C=O) groups is 1. The normalized spacial score (nSPS) is 27.4. The summed E-state index contributed by atoms with van der Waals surface area (Å²) in [4.78, 5) is 13.6. The second-order valence-electron chi connectivity index (χ2n) is 6.95. The molecule has 1 amide bonds. The lowest BCUT2D eigenvalue weighted by molar-refractivity contribution is -0.121. The lowest BCUT2D eigenvalue weighted by Crippen LogP contribution is -2.46. The van der Waals surface area contributed by atoms with Crippen LogP contribution in [0, 0.1) is 11.8 Å².